The molecule has 1 aromatic rings. The van der Waals surface area contributed by atoms with Crippen LogP contribution in [0.2, 0.25) is 0 Å². The molecule has 0 aliphatic carbocycles. The van der Waals surface area contributed by atoms with Gasteiger partial charge >= 0.3 is 0 Å². The summed E-state index contributed by atoms with van der Waals surface area (Å²) in [6.45, 7) is 5.03. The van der Waals surface area contributed by atoms with Gasteiger partial charge in [-0.1, -0.05) is 19.9 Å². The molecule has 15 heavy (non-hydrogen) atoms. The van der Waals surface area contributed by atoms with E-state index in [0.29, 0.717) is 12.6 Å². The van der Waals surface area contributed by atoms with Gasteiger partial charge in [0.05, 0.1) is 0 Å². The Hall–Kier alpha value is -0.930. The molecular formula is C12H21N3. The number of hydrogen-bond acceptors (Lipinski definition) is 3. The Labute approximate surface area is 92.3 Å². The summed E-state index contributed by atoms with van der Waals surface area (Å²) in [5.74, 6) is 0. The van der Waals surface area contributed by atoms with Gasteiger partial charge in [0.2, 0.25) is 0 Å². The predicted octanol–water partition coefficient (Wildman–Crippen LogP) is 1.67. The monoisotopic (exact) mass is 207 g/mol. The third-order valence-electron chi connectivity index (χ3n) is 2.78. The highest BCUT2D eigenvalue weighted by molar-refractivity contribution is 5.16. The fourth-order valence-corrected chi connectivity index (χ4v) is 2.10. The molecule has 0 bridgehead atoms. The van der Waals surface area contributed by atoms with Crippen LogP contribution in [0.15, 0.2) is 24.5 Å². The SMILES string of the molecule is CN(C)C(c1cccnc1)C(C)(C)CN. The van der Waals surface area contributed by atoms with E-state index in [4.69, 9.17) is 5.73 Å². The average molecular weight is 207 g/mol. The van der Waals surface area contributed by atoms with Gasteiger partial charge in [0.1, 0.15) is 0 Å². The van der Waals surface area contributed by atoms with Crippen molar-refractivity contribution in [3.8, 4) is 0 Å². The summed E-state index contributed by atoms with van der Waals surface area (Å²) >= 11 is 0. The fourth-order valence-electron chi connectivity index (χ4n) is 2.10. The standard InChI is InChI=1S/C12H21N3/c1-12(2,9-13)11(15(3)4)10-6-5-7-14-8-10/h5-8,11H,9,13H2,1-4H3. The largest absolute Gasteiger partial charge is 0.330 e. The van der Waals surface area contributed by atoms with Gasteiger partial charge < -0.3 is 10.6 Å². The quantitative estimate of drug-likeness (QED) is 0.816. The van der Waals surface area contributed by atoms with Crippen molar-refractivity contribution in [3.63, 3.8) is 0 Å². The molecule has 3 nitrogen and oxygen atoms in total. The molecule has 0 fully saturated rings. The van der Waals surface area contributed by atoms with E-state index in [2.05, 4.69) is 43.9 Å². The highest BCUT2D eigenvalue weighted by Crippen LogP contribution is 2.35. The summed E-state index contributed by atoms with van der Waals surface area (Å²) in [5.41, 5.74) is 7.10. The maximum atomic E-state index is 5.84. The van der Waals surface area contributed by atoms with Crippen molar-refractivity contribution in [1.29, 1.82) is 0 Å². The summed E-state index contributed by atoms with van der Waals surface area (Å²) < 4.78 is 0. The minimum atomic E-state index is 0.0481. The first kappa shape index (κ1) is 12.1. The Bertz CT molecular complexity index is 293. The van der Waals surface area contributed by atoms with E-state index in [-0.39, 0.29) is 5.41 Å². The molecule has 1 heterocycles. The molecule has 0 amide bonds. The summed E-state index contributed by atoms with van der Waals surface area (Å²) in [4.78, 5) is 6.37. The molecule has 1 aromatic heterocycles. The zero-order chi connectivity index (χ0) is 11.5. The topological polar surface area (TPSA) is 42.2 Å². The number of aromatic nitrogens is 1. The minimum Gasteiger partial charge on any atom is -0.330 e. The van der Waals surface area contributed by atoms with Crippen LogP contribution in [0.25, 0.3) is 0 Å². The molecule has 0 saturated heterocycles. The van der Waals surface area contributed by atoms with Crippen molar-refractivity contribution in [2.45, 2.75) is 19.9 Å². The molecule has 0 saturated carbocycles. The first-order valence-electron chi connectivity index (χ1n) is 5.25. The zero-order valence-electron chi connectivity index (χ0n) is 10.1. The molecule has 0 spiro atoms. The molecule has 1 rings (SSSR count). The Morgan fingerprint density at radius 2 is 2.13 bits per heavy atom. The Kier molecular flexibility index (Phi) is 3.83. The van der Waals surface area contributed by atoms with Crippen LogP contribution in [0.3, 0.4) is 0 Å². The Balaban J connectivity index is 3.04. The molecule has 0 aliphatic heterocycles. The third-order valence-corrected chi connectivity index (χ3v) is 2.78. The van der Waals surface area contributed by atoms with Crippen LogP contribution in [0, 0.1) is 5.41 Å². The zero-order valence-corrected chi connectivity index (χ0v) is 10.1. The van der Waals surface area contributed by atoms with E-state index in [1.165, 1.54) is 5.56 Å². The van der Waals surface area contributed by atoms with Gasteiger partial charge in [-0.15, -0.1) is 0 Å². The fraction of sp³-hybridized carbons (Fsp3) is 0.583. The van der Waals surface area contributed by atoms with E-state index < -0.39 is 0 Å². The molecule has 1 atom stereocenters. The molecule has 0 radical (unpaired) electrons. The van der Waals surface area contributed by atoms with E-state index in [9.17, 15) is 0 Å². The molecule has 2 N–H and O–H groups in total. The van der Waals surface area contributed by atoms with Crippen LogP contribution in [-0.4, -0.2) is 30.5 Å². The van der Waals surface area contributed by atoms with Gasteiger partial charge in [0, 0.05) is 18.4 Å². The summed E-state index contributed by atoms with van der Waals surface area (Å²) in [6, 6.07) is 4.38. The van der Waals surface area contributed by atoms with E-state index in [0.717, 1.165) is 0 Å². The number of nitrogens with two attached hydrogens (primary N) is 1. The van der Waals surface area contributed by atoms with Gasteiger partial charge in [-0.3, -0.25) is 4.98 Å². The van der Waals surface area contributed by atoms with Crippen LogP contribution in [0.4, 0.5) is 0 Å². The van der Waals surface area contributed by atoms with E-state index in [1.54, 1.807) is 6.20 Å². The molecule has 3 heteroatoms. The first-order valence-corrected chi connectivity index (χ1v) is 5.25. The van der Waals surface area contributed by atoms with Gasteiger partial charge in [0.25, 0.3) is 0 Å². The van der Waals surface area contributed by atoms with Crippen LogP contribution >= 0.6 is 0 Å². The Morgan fingerprint density at radius 1 is 1.47 bits per heavy atom. The van der Waals surface area contributed by atoms with Gasteiger partial charge in [0.15, 0.2) is 0 Å². The molecular weight excluding hydrogens is 186 g/mol. The summed E-state index contributed by atoms with van der Waals surface area (Å²) in [5, 5.41) is 0. The minimum absolute atomic E-state index is 0.0481. The number of hydrogen-bond donors (Lipinski definition) is 1. The average Bonchev–Trinajstić information content (AvgIpc) is 2.18. The number of nitrogens with zero attached hydrogens (tertiary/aromatic N) is 2. The van der Waals surface area contributed by atoms with Gasteiger partial charge in [-0.25, -0.2) is 0 Å². The van der Waals surface area contributed by atoms with Gasteiger partial charge in [-0.2, -0.15) is 0 Å². The lowest BCUT2D eigenvalue weighted by molar-refractivity contribution is 0.143. The van der Waals surface area contributed by atoms with Crippen molar-refractivity contribution >= 4 is 0 Å². The van der Waals surface area contributed by atoms with Crippen molar-refractivity contribution < 1.29 is 0 Å². The Morgan fingerprint density at radius 3 is 2.53 bits per heavy atom. The van der Waals surface area contributed by atoms with Crippen molar-refractivity contribution in [2.75, 3.05) is 20.6 Å². The van der Waals surface area contributed by atoms with E-state index in [1.807, 2.05) is 12.3 Å². The maximum absolute atomic E-state index is 5.84. The lowest BCUT2D eigenvalue weighted by Crippen LogP contribution is -2.38. The van der Waals surface area contributed by atoms with Crippen molar-refractivity contribution in [2.24, 2.45) is 11.1 Å². The maximum Gasteiger partial charge on any atom is 0.0420 e. The smallest absolute Gasteiger partial charge is 0.0420 e. The number of pyridine rings is 1. The highest BCUT2D eigenvalue weighted by Gasteiger charge is 2.31. The molecule has 0 aliphatic rings. The van der Waals surface area contributed by atoms with Crippen LogP contribution < -0.4 is 5.73 Å². The van der Waals surface area contributed by atoms with Crippen LogP contribution in [0.5, 0.6) is 0 Å². The highest BCUT2D eigenvalue weighted by atomic mass is 15.1. The van der Waals surface area contributed by atoms with Gasteiger partial charge in [-0.05, 0) is 37.7 Å². The van der Waals surface area contributed by atoms with Crippen molar-refractivity contribution in [3.05, 3.63) is 30.1 Å². The summed E-state index contributed by atoms with van der Waals surface area (Å²) in [7, 11) is 4.16. The summed E-state index contributed by atoms with van der Waals surface area (Å²) in [6.07, 6.45) is 3.72. The van der Waals surface area contributed by atoms with Crippen LogP contribution in [0.1, 0.15) is 25.5 Å². The molecule has 84 valence electrons. The third kappa shape index (κ3) is 2.76. The molecule has 1 unspecified atom stereocenters. The second kappa shape index (κ2) is 4.73. The van der Waals surface area contributed by atoms with Crippen LogP contribution in [-0.2, 0) is 0 Å². The second-order valence-corrected chi connectivity index (χ2v) is 4.85. The second-order valence-electron chi connectivity index (χ2n) is 4.85. The number of rotatable bonds is 4. The molecule has 0 aromatic carbocycles. The van der Waals surface area contributed by atoms with E-state index >= 15 is 0 Å². The lowest BCUT2D eigenvalue weighted by atomic mass is 9.80. The lowest BCUT2D eigenvalue weighted by Gasteiger charge is -2.38. The predicted molar refractivity (Wildman–Crippen MR) is 63.5 cm³/mol. The van der Waals surface area contributed by atoms with Crippen molar-refractivity contribution in [1.82, 2.24) is 9.88 Å². The first-order chi connectivity index (χ1) is 6.99. The normalized spacial score (nSPS) is 14.3.